The molecule has 0 radical (unpaired) electrons. The Labute approximate surface area is 127 Å². The van der Waals surface area contributed by atoms with Gasteiger partial charge in [-0.3, -0.25) is 0 Å². The van der Waals surface area contributed by atoms with Gasteiger partial charge in [-0.25, -0.2) is 13.2 Å². The summed E-state index contributed by atoms with van der Waals surface area (Å²) in [5, 5.41) is 3.14. The summed E-state index contributed by atoms with van der Waals surface area (Å²) in [7, 11) is 1.55. The lowest BCUT2D eigenvalue weighted by Gasteiger charge is -2.20. The predicted octanol–water partition coefficient (Wildman–Crippen LogP) is 4.83. The quantitative estimate of drug-likeness (QED) is 0.823. The number of halogens is 5. The van der Waals surface area contributed by atoms with E-state index < -0.39 is 23.5 Å². The Morgan fingerprint density at radius 3 is 2.30 bits per heavy atom. The largest absolute Gasteiger partial charge is 0.309 e. The van der Waals surface area contributed by atoms with E-state index in [-0.39, 0.29) is 5.56 Å². The lowest BCUT2D eigenvalue weighted by atomic mass is 9.97. The third-order valence-corrected chi connectivity index (χ3v) is 4.22. The molecule has 0 aliphatic carbocycles. The lowest BCUT2D eigenvalue weighted by Crippen LogP contribution is -2.21. The average Bonchev–Trinajstić information content (AvgIpc) is 2.37. The van der Waals surface area contributed by atoms with E-state index in [2.05, 4.69) is 21.2 Å². The number of benzene rings is 2. The van der Waals surface area contributed by atoms with Crippen LogP contribution < -0.4 is 5.32 Å². The van der Waals surface area contributed by atoms with E-state index in [0.29, 0.717) is 27.2 Å². The van der Waals surface area contributed by atoms with Crippen LogP contribution in [0.15, 0.2) is 34.8 Å². The molecule has 1 N–H and O–H groups in total. The fourth-order valence-electron chi connectivity index (χ4n) is 2.03. The maximum Gasteiger partial charge on any atom is 0.134 e. The van der Waals surface area contributed by atoms with Crippen LogP contribution in [0.1, 0.15) is 17.2 Å². The molecule has 0 heterocycles. The molecule has 20 heavy (non-hydrogen) atoms. The van der Waals surface area contributed by atoms with Crippen LogP contribution in [0.4, 0.5) is 13.2 Å². The van der Waals surface area contributed by atoms with Crippen molar-refractivity contribution < 1.29 is 13.2 Å². The van der Waals surface area contributed by atoms with Crippen LogP contribution in [0.5, 0.6) is 0 Å². The van der Waals surface area contributed by atoms with E-state index in [1.165, 1.54) is 0 Å². The average molecular weight is 365 g/mol. The van der Waals surface area contributed by atoms with E-state index in [9.17, 15) is 13.2 Å². The van der Waals surface area contributed by atoms with Crippen molar-refractivity contribution in [1.82, 2.24) is 5.32 Å². The van der Waals surface area contributed by atoms with E-state index in [1.54, 1.807) is 25.2 Å². The van der Waals surface area contributed by atoms with Gasteiger partial charge >= 0.3 is 0 Å². The summed E-state index contributed by atoms with van der Waals surface area (Å²) in [6, 6.07) is 5.55. The van der Waals surface area contributed by atoms with Crippen molar-refractivity contribution in [2.75, 3.05) is 7.05 Å². The predicted molar refractivity (Wildman–Crippen MR) is 76.4 cm³/mol. The molecular formula is C14H10BrClF3N. The zero-order valence-electron chi connectivity index (χ0n) is 10.4. The molecule has 0 amide bonds. The van der Waals surface area contributed by atoms with Crippen LogP contribution in [0.2, 0.25) is 5.02 Å². The Kier molecular flexibility index (Phi) is 4.73. The molecule has 0 aliphatic heterocycles. The molecule has 0 fully saturated rings. The second kappa shape index (κ2) is 6.16. The molecular weight excluding hydrogens is 355 g/mol. The van der Waals surface area contributed by atoms with Crippen molar-refractivity contribution in [2.45, 2.75) is 6.04 Å². The number of hydrogen-bond donors (Lipinski definition) is 1. The molecule has 106 valence electrons. The third-order valence-electron chi connectivity index (χ3n) is 2.91. The van der Waals surface area contributed by atoms with E-state index in [1.807, 2.05) is 0 Å². The summed E-state index contributed by atoms with van der Waals surface area (Å²) >= 11 is 9.40. The van der Waals surface area contributed by atoms with Crippen LogP contribution >= 0.6 is 27.5 Å². The Balaban J connectivity index is 2.62. The highest BCUT2D eigenvalue weighted by molar-refractivity contribution is 9.10. The van der Waals surface area contributed by atoms with Crippen LogP contribution in [0.3, 0.4) is 0 Å². The Hall–Kier alpha value is -1.04. The first-order valence-electron chi connectivity index (χ1n) is 5.71. The van der Waals surface area contributed by atoms with Crippen LogP contribution in [-0.2, 0) is 0 Å². The van der Waals surface area contributed by atoms with Gasteiger partial charge < -0.3 is 5.32 Å². The van der Waals surface area contributed by atoms with Gasteiger partial charge in [0.2, 0.25) is 0 Å². The highest BCUT2D eigenvalue weighted by Gasteiger charge is 2.24. The van der Waals surface area contributed by atoms with E-state index in [0.717, 1.165) is 0 Å². The molecule has 2 aromatic rings. The SMILES string of the molecule is CNC(c1cccc(Br)c1Cl)c1c(F)cc(F)cc1F. The van der Waals surface area contributed by atoms with Crippen molar-refractivity contribution in [1.29, 1.82) is 0 Å². The van der Waals surface area contributed by atoms with Gasteiger partial charge in [-0.1, -0.05) is 23.7 Å². The summed E-state index contributed by atoms with van der Waals surface area (Å²) < 4.78 is 41.4. The maximum atomic E-state index is 13.9. The number of hydrogen-bond acceptors (Lipinski definition) is 1. The topological polar surface area (TPSA) is 12.0 Å². The van der Waals surface area contributed by atoms with Gasteiger partial charge in [0.15, 0.2) is 0 Å². The summed E-state index contributed by atoms with van der Waals surface area (Å²) in [4.78, 5) is 0. The molecule has 1 nitrogen and oxygen atoms in total. The molecule has 0 saturated carbocycles. The fourth-order valence-corrected chi connectivity index (χ4v) is 2.64. The number of rotatable bonds is 3. The maximum absolute atomic E-state index is 13.9. The molecule has 0 aliphatic rings. The van der Waals surface area contributed by atoms with Crippen molar-refractivity contribution in [3.8, 4) is 0 Å². The molecule has 2 rings (SSSR count). The smallest absolute Gasteiger partial charge is 0.134 e. The van der Waals surface area contributed by atoms with Gasteiger partial charge in [-0.05, 0) is 34.6 Å². The van der Waals surface area contributed by atoms with Crippen LogP contribution in [0, 0.1) is 17.5 Å². The van der Waals surface area contributed by atoms with Crippen LogP contribution in [0.25, 0.3) is 0 Å². The highest BCUT2D eigenvalue weighted by Crippen LogP contribution is 2.35. The Bertz CT molecular complexity index is 625. The van der Waals surface area contributed by atoms with E-state index >= 15 is 0 Å². The molecule has 2 aromatic carbocycles. The first kappa shape index (κ1) is 15.4. The highest BCUT2D eigenvalue weighted by atomic mass is 79.9. The normalized spacial score (nSPS) is 12.5. The fraction of sp³-hybridized carbons (Fsp3) is 0.143. The summed E-state index contributed by atoms with van der Waals surface area (Å²) in [5.74, 6) is -2.88. The molecule has 0 aromatic heterocycles. The van der Waals surface area contributed by atoms with Crippen molar-refractivity contribution in [3.05, 3.63) is 68.4 Å². The summed E-state index contributed by atoms with van der Waals surface area (Å²) in [6.45, 7) is 0. The van der Waals surface area contributed by atoms with Crippen molar-refractivity contribution in [2.24, 2.45) is 0 Å². The van der Waals surface area contributed by atoms with Gasteiger partial charge in [0.1, 0.15) is 17.5 Å². The molecule has 6 heteroatoms. The standard InChI is InChI=1S/C14H10BrClF3N/c1-20-14(8-3-2-4-9(15)13(8)16)12-10(18)5-7(17)6-11(12)19/h2-6,14,20H,1H3. The zero-order chi connectivity index (χ0) is 14.9. The van der Waals surface area contributed by atoms with Gasteiger partial charge in [-0.15, -0.1) is 0 Å². The van der Waals surface area contributed by atoms with E-state index in [4.69, 9.17) is 11.6 Å². The van der Waals surface area contributed by atoms with Crippen LogP contribution in [-0.4, -0.2) is 7.05 Å². The Morgan fingerprint density at radius 1 is 1.15 bits per heavy atom. The van der Waals surface area contributed by atoms with Gasteiger partial charge in [-0.2, -0.15) is 0 Å². The summed E-state index contributed by atoms with van der Waals surface area (Å²) in [5.41, 5.74) is 0.224. The molecule has 1 atom stereocenters. The van der Waals surface area contributed by atoms with Gasteiger partial charge in [0.05, 0.1) is 11.1 Å². The number of nitrogens with one attached hydrogen (secondary N) is 1. The second-order valence-electron chi connectivity index (χ2n) is 4.15. The van der Waals surface area contributed by atoms with Crippen molar-refractivity contribution in [3.63, 3.8) is 0 Å². The Morgan fingerprint density at radius 2 is 1.75 bits per heavy atom. The summed E-state index contributed by atoms with van der Waals surface area (Å²) in [6.07, 6.45) is 0. The minimum Gasteiger partial charge on any atom is -0.309 e. The molecule has 0 saturated heterocycles. The van der Waals surface area contributed by atoms with Gasteiger partial charge in [0.25, 0.3) is 0 Å². The minimum atomic E-state index is -0.960. The first-order chi connectivity index (χ1) is 9.45. The molecule has 1 unspecified atom stereocenters. The third kappa shape index (κ3) is 2.85. The monoisotopic (exact) mass is 363 g/mol. The van der Waals surface area contributed by atoms with Crippen molar-refractivity contribution >= 4 is 27.5 Å². The zero-order valence-corrected chi connectivity index (χ0v) is 12.7. The molecule has 0 bridgehead atoms. The van der Waals surface area contributed by atoms with Gasteiger partial charge in [0, 0.05) is 22.2 Å². The minimum absolute atomic E-state index is 0.270. The lowest BCUT2D eigenvalue weighted by molar-refractivity contribution is 0.500. The first-order valence-corrected chi connectivity index (χ1v) is 6.88. The second-order valence-corrected chi connectivity index (χ2v) is 5.38. The molecule has 0 spiro atoms.